The van der Waals surface area contributed by atoms with E-state index in [1.807, 2.05) is 46.2 Å². The first-order valence-electron chi connectivity index (χ1n) is 10.5. The van der Waals surface area contributed by atoms with E-state index in [0.29, 0.717) is 31.0 Å². The number of benzene rings is 1. The van der Waals surface area contributed by atoms with Gasteiger partial charge >= 0.3 is 0 Å². The number of H-pyrrole nitrogens is 1. The molecule has 2 aromatic rings. The number of aromatic nitrogens is 1. The van der Waals surface area contributed by atoms with E-state index in [9.17, 15) is 9.59 Å². The highest BCUT2D eigenvalue weighted by atomic mass is 35.5. The van der Waals surface area contributed by atoms with E-state index < -0.39 is 0 Å². The molecule has 1 aromatic carbocycles. The maximum absolute atomic E-state index is 12.8. The van der Waals surface area contributed by atoms with Crippen molar-refractivity contribution in [3.05, 3.63) is 47.1 Å². The minimum atomic E-state index is -0.320. The zero-order chi connectivity index (χ0) is 20.4. The summed E-state index contributed by atoms with van der Waals surface area (Å²) in [6.45, 7) is 5.06. The molecule has 0 aliphatic carbocycles. The lowest BCUT2D eigenvalue weighted by Crippen LogP contribution is -2.38. The first-order valence-corrected chi connectivity index (χ1v) is 10.9. The van der Waals surface area contributed by atoms with Crippen molar-refractivity contribution in [3.8, 4) is 11.3 Å². The number of carbonyl (C=O) groups excluding carboxylic acids is 2. The van der Waals surface area contributed by atoms with Crippen molar-refractivity contribution >= 4 is 23.4 Å². The van der Waals surface area contributed by atoms with E-state index >= 15 is 0 Å². The number of likely N-dealkylation sites (tertiary alicyclic amines) is 2. The zero-order valence-electron chi connectivity index (χ0n) is 16.9. The van der Waals surface area contributed by atoms with Crippen LogP contribution >= 0.6 is 11.6 Å². The van der Waals surface area contributed by atoms with Gasteiger partial charge in [0.1, 0.15) is 0 Å². The van der Waals surface area contributed by atoms with Crippen LogP contribution in [-0.4, -0.2) is 52.8 Å². The quantitative estimate of drug-likeness (QED) is 0.774. The summed E-state index contributed by atoms with van der Waals surface area (Å²) in [5.41, 5.74) is 2.82. The fourth-order valence-electron chi connectivity index (χ4n) is 4.62. The third kappa shape index (κ3) is 4.06. The van der Waals surface area contributed by atoms with Gasteiger partial charge in [0.15, 0.2) is 0 Å². The van der Waals surface area contributed by atoms with E-state index in [1.165, 1.54) is 0 Å². The number of nitrogens with zero attached hydrogens (tertiary/aromatic N) is 2. The molecule has 2 fully saturated rings. The average Bonchev–Trinajstić information content (AvgIpc) is 3.44. The molecule has 2 amide bonds. The first-order chi connectivity index (χ1) is 14.0. The predicted molar refractivity (Wildman–Crippen MR) is 115 cm³/mol. The third-order valence-electron chi connectivity index (χ3n) is 6.31. The summed E-state index contributed by atoms with van der Waals surface area (Å²) in [7, 11) is 0. The lowest BCUT2D eigenvalue weighted by Gasteiger charge is -2.23. The van der Waals surface area contributed by atoms with Crippen LogP contribution in [0.3, 0.4) is 0 Å². The van der Waals surface area contributed by atoms with Crippen LogP contribution in [0.25, 0.3) is 11.3 Å². The summed E-state index contributed by atoms with van der Waals surface area (Å²) in [4.78, 5) is 32.8. The van der Waals surface area contributed by atoms with E-state index in [-0.39, 0.29) is 17.2 Å². The Hall–Kier alpha value is -2.27. The zero-order valence-corrected chi connectivity index (χ0v) is 17.7. The molecule has 2 aliphatic heterocycles. The fourth-order valence-corrected chi connectivity index (χ4v) is 4.75. The summed E-state index contributed by atoms with van der Waals surface area (Å²) in [5, 5.41) is 0.716. The molecule has 1 spiro atoms. The highest BCUT2D eigenvalue weighted by Crippen LogP contribution is 2.40. The molecule has 1 atom stereocenters. The minimum absolute atomic E-state index is 0.145. The molecular weight excluding hydrogens is 386 g/mol. The minimum Gasteiger partial charge on any atom is -0.358 e. The van der Waals surface area contributed by atoms with Crippen molar-refractivity contribution < 1.29 is 9.59 Å². The molecule has 29 heavy (non-hydrogen) atoms. The van der Waals surface area contributed by atoms with E-state index in [0.717, 1.165) is 49.3 Å². The SMILES string of the molecule is CCCN1CCC2(CCN(C(=O)CCc3ccc(-c4ccc(Cl)cc4)[nH]3)C2)C1=O. The van der Waals surface area contributed by atoms with Gasteiger partial charge in [0.25, 0.3) is 0 Å². The van der Waals surface area contributed by atoms with E-state index in [4.69, 9.17) is 11.6 Å². The van der Waals surface area contributed by atoms with Gasteiger partial charge in [-0.3, -0.25) is 9.59 Å². The van der Waals surface area contributed by atoms with Crippen molar-refractivity contribution in [2.45, 2.75) is 39.0 Å². The monoisotopic (exact) mass is 413 g/mol. The van der Waals surface area contributed by atoms with Gasteiger partial charge in [0.2, 0.25) is 11.8 Å². The van der Waals surface area contributed by atoms with Crippen LogP contribution in [-0.2, 0) is 16.0 Å². The Morgan fingerprint density at radius 1 is 1.14 bits per heavy atom. The predicted octanol–water partition coefficient (Wildman–Crippen LogP) is 4.13. The highest BCUT2D eigenvalue weighted by molar-refractivity contribution is 6.30. The molecule has 154 valence electrons. The smallest absolute Gasteiger partial charge is 0.230 e. The Kier molecular flexibility index (Phi) is 5.68. The maximum atomic E-state index is 12.8. The maximum Gasteiger partial charge on any atom is 0.230 e. The molecule has 1 unspecified atom stereocenters. The van der Waals surface area contributed by atoms with E-state index in [1.54, 1.807) is 0 Å². The molecule has 4 rings (SSSR count). The Labute approximate surface area is 177 Å². The molecule has 2 aliphatic rings. The molecule has 3 heterocycles. The molecular formula is C23H28ClN3O2. The number of halogens is 1. The number of amides is 2. The number of hydrogen-bond acceptors (Lipinski definition) is 2. The van der Waals surface area contributed by atoms with Crippen LogP contribution < -0.4 is 0 Å². The van der Waals surface area contributed by atoms with Crippen LogP contribution in [0.1, 0.15) is 38.3 Å². The van der Waals surface area contributed by atoms with Gasteiger partial charge in [-0.15, -0.1) is 0 Å². The van der Waals surface area contributed by atoms with Crippen LogP contribution in [0.4, 0.5) is 0 Å². The summed E-state index contributed by atoms with van der Waals surface area (Å²) in [5.74, 6) is 0.401. The molecule has 0 bridgehead atoms. The average molecular weight is 414 g/mol. The second-order valence-electron chi connectivity index (χ2n) is 8.29. The molecule has 0 radical (unpaired) electrons. The van der Waals surface area contributed by atoms with E-state index in [2.05, 4.69) is 11.9 Å². The number of rotatable bonds is 6. The van der Waals surface area contributed by atoms with Crippen molar-refractivity contribution in [2.24, 2.45) is 5.41 Å². The van der Waals surface area contributed by atoms with Gasteiger partial charge < -0.3 is 14.8 Å². The van der Waals surface area contributed by atoms with Gasteiger partial charge in [-0.05, 0) is 55.5 Å². The summed E-state index contributed by atoms with van der Waals surface area (Å²) in [6, 6.07) is 11.8. The topological polar surface area (TPSA) is 56.4 Å². The van der Waals surface area contributed by atoms with Crippen molar-refractivity contribution in [1.82, 2.24) is 14.8 Å². The second-order valence-corrected chi connectivity index (χ2v) is 8.73. The number of hydrogen-bond donors (Lipinski definition) is 1. The van der Waals surface area contributed by atoms with Gasteiger partial charge in [-0.1, -0.05) is 30.7 Å². The Morgan fingerprint density at radius 2 is 1.90 bits per heavy atom. The number of nitrogens with one attached hydrogen (secondary N) is 1. The lowest BCUT2D eigenvalue weighted by atomic mass is 9.85. The molecule has 2 saturated heterocycles. The van der Waals surface area contributed by atoms with Gasteiger partial charge in [-0.2, -0.15) is 0 Å². The first kappa shape index (κ1) is 20.0. The van der Waals surface area contributed by atoms with Crippen LogP contribution in [0.2, 0.25) is 5.02 Å². The normalized spacial score (nSPS) is 21.5. The van der Waals surface area contributed by atoms with Crippen LogP contribution in [0.15, 0.2) is 36.4 Å². The molecule has 1 aromatic heterocycles. The molecule has 5 nitrogen and oxygen atoms in total. The number of aryl methyl sites for hydroxylation is 1. The lowest BCUT2D eigenvalue weighted by molar-refractivity contribution is -0.136. The van der Waals surface area contributed by atoms with Gasteiger partial charge in [0, 0.05) is 49.0 Å². The summed E-state index contributed by atoms with van der Waals surface area (Å²) in [6.07, 6.45) is 3.81. The highest BCUT2D eigenvalue weighted by Gasteiger charge is 2.51. The Morgan fingerprint density at radius 3 is 2.66 bits per heavy atom. The number of carbonyl (C=O) groups is 2. The van der Waals surface area contributed by atoms with Crippen molar-refractivity contribution in [2.75, 3.05) is 26.2 Å². The van der Waals surface area contributed by atoms with Crippen LogP contribution in [0.5, 0.6) is 0 Å². The Balaban J connectivity index is 1.32. The van der Waals surface area contributed by atoms with Gasteiger partial charge in [-0.25, -0.2) is 0 Å². The number of aromatic amines is 1. The molecule has 0 saturated carbocycles. The molecule has 6 heteroatoms. The standard InChI is InChI=1S/C23H28ClN3O2/c1-2-13-26-14-11-23(22(26)29)12-15-27(16-23)21(28)10-8-19-7-9-20(25-19)17-3-5-18(24)6-4-17/h3-7,9,25H,2,8,10-16H2,1H3. The molecule has 1 N–H and O–H groups in total. The van der Waals surface area contributed by atoms with Gasteiger partial charge in [0.05, 0.1) is 5.41 Å². The summed E-state index contributed by atoms with van der Waals surface area (Å²) >= 11 is 5.95. The van der Waals surface area contributed by atoms with Crippen LogP contribution in [0, 0.1) is 5.41 Å². The van der Waals surface area contributed by atoms with Crippen molar-refractivity contribution in [1.29, 1.82) is 0 Å². The largest absolute Gasteiger partial charge is 0.358 e. The second kappa shape index (κ2) is 8.23. The van der Waals surface area contributed by atoms with Crippen molar-refractivity contribution in [3.63, 3.8) is 0 Å². The summed E-state index contributed by atoms with van der Waals surface area (Å²) < 4.78 is 0. The Bertz CT molecular complexity index is 892. The fraction of sp³-hybridized carbons (Fsp3) is 0.478. The third-order valence-corrected chi connectivity index (χ3v) is 6.56.